The number of sulfonamides is 1. The van der Waals surface area contributed by atoms with Crippen LogP contribution in [-0.2, 0) is 10.0 Å². The van der Waals surface area contributed by atoms with Crippen molar-refractivity contribution in [1.82, 2.24) is 10.2 Å². The number of anilines is 1. The molecule has 0 saturated carbocycles. The monoisotopic (exact) mass is 600 g/mol. The lowest BCUT2D eigenvalue weighted by atomic mass is 10.0. The minimum atomic E-state index is -4.31. The van der Waals surface area contributed by atoms with Crippen molar-refractivity contribution in [2.45, 2.75) is 17.9 Å². The maximum Gasteiger partial charge on any atom is 0.241 e. The number of aromatic nitrogens is 2. The Balaban J connectivity index is 1.41. The molecule has 0 unspecified atom stereocenters. The van der Waals surface area contributed by atoms with E-state index in [1.54, 1.807) is 18.2 Å². The second-order valence-corrected chi connectivity index (χ2v) is 12.1. The highest BCUT2D eigenvalue weighted by Gasteiger charge is 2.23. The van der Waals surface area contributed by atoms with Crippen molar-refractivity contribution in [3.8, 4) is 16.2 Å². The number of hydrogen-bond donors (Lipinski definition) is 3. The van der Waals surface area contributed by atoms with Gasteiger partial charge in [-0.25, -0.2) is 17.9 Å². The van der Waals surface area contributed by atoms with E-state index in [-0.39, 0.29) is 25.4 Å². The van der Waals surface area contributed by atoms with Gasteiger partial charge in [-0.15, -0.1) is 11.3 Å². The fourth-order valence-electron chi connectivity index (χ4n) is 4.46. The van der Waals surface area contributed by atoms with Crippen LogP contribution in [0.5, 0.6) is 5.75 Å². The third-order valence-electron chi connectivity index (χ3n) is 6.50. The van der Waals surface area contributed by atoms with Gasteiger partial charge in [0.2, 0.25) is 10.0 Å². The number of primary sulfonamides is 1. The summed E-state index contributed by atoms with van der Waals surface area (Å²) in [6.07, 6.45) is -1.06. The number of nitrogens with zero attached hydrogens (tertiary/aromatic N) is 2. The van der Waals surface area contributed by atoms with E-state index in [0.29, 0.717) is 16.3 Å². The Morgan fingerprint density at radius 3 is 2.75 bits per heavy atom. The zero-order valence-corrected chi connectivity index (χ0v) is 23.7. The number of benzene rings is 3. The van der Waals surface area contributed by atoms with Crippen molar-refractivity contribution in [2.75, 3.05) is 24.6 Å². The molecular formula is C28H26ClFN4O4S2. The van der Waals surface area contributed by atoms with Gasteiger partial charge in [0.1, 0.15) is 17.3 Å². The molecule has 0 aliphatic rings. The number of aliphatic hydroxyl groups is 1. The molecule has 0 radical (unpaired) electrons. The maximum atomic E-state index is 15.5. The molecule has 0 aliphatic carbocycles. The van der Waals surface area contributed by atoms with E-state index in [9.17, 15) is 13.5 Å². The number of fused-ring (bicyclic) bond motifs is 1. The van der Waals surface area contributed by atoms with E-state index in [0.717, 1.165) is 33.1 Å². The van der Waals surface area contributed by atoms with E-state index in [4.69, 9.17) is 21.5 Å². The van der Waals surface area contributed by atoms with Gasteiger partial charge in [-0.2, -0.15) is 5.10 Å². The molecule has 0 amide bonds. The molecule has 0 spiro atoms. The largest absolute Gasteiger partial charge is 0.492 e. The number of aromatic amines is 1. The quantitative estimate of drug-likeness (QED) is 0.190. The lowest BCUT2D eigenvalue weighted by Gasteiger charge is -2.28. The van der Waals surface area contributed by atoms with Crippen LogP contribution in [-0.4, -0.2) is 43.4 Å². The molecule has 2 heterocycles. The van der Waals surface area contributed by atoms with E-state index in [1.165, 1.54) is 28.4 Å². The molecule has 0 aliphatic heterocycles. The van der Waals surface area contributed by atoms with Crippen LogP contribution in [0.1, 0.15) is 17.4 Å². The second kappa shape index (κ2) is 11.6. The van der Waals surface area contributed by atoms with Gasteiger partial charge in [0.25, 0.3) is 0 Å². The van der Waals surface area contributed by atoms with Crippen molar-refractivity contribution in [2.24, 2.45) is 5.14 Å². The van der Waals surface area contributed by atoms with Crippen molar-refractivity contribution in [3.05, 3.63) is 94.2 Å². The first-order valence-corrected chi connectivity index (χ1v) is 15.1. The van der Waals surface area contributed by atoms with Crippen molar-refractivity contribution in [1.29, 1.82) is 0 Å². The smallest absolute Gasteiger partial charge is 0.241 e. The van der Waals surface area contributed by atoms with Crippen LogP contribution in [0.15, 0.2) is 77.0 Å². The molecule has 40 heavy (non-hydrogen) atoms. The Labute approximate surface area is 239 Å². The summed E-state index contributed by atoms with van der Waals surface area (Å²) in [4.78, 5) is 1.85. The SMILES string of the molecule is Cc1n[nH]c2cc(OCCN(C[C@H](O)c3ccc(Cl)c(-c4cccs4)c3)c3cccc(S(N)(=O)=O)c3F)ccc12. The van der Waals surface area contributed by atoms with Gasteiger partial charge in [-0.1, -0.05) is 29.8 Å². The van der Waals surface area contributed by atoms with E-state index in [1.807, 2.05) is 42.6 Å². The molecule has 12 heteroatoms. The van der Waals surface area contributed by atoms with Crippen LogP contribution in [0.4, 0.5) is 10.1 Å². The molecule has 0 fully saturated rings. The predicted octanol–water partition coefficient (Wildman–Crippen LogP) is 5.66. The van der Waals surface area contributed by atoms with E-state index in [2.05, 4.69) is 10.2 Å². The molecule has 208 valence electrons. The van der Waals surface area contributed by atoms with E-state index < -0.39 is 26.8 Å². The van der Waals surface area contributed by atoms with Gasteiger partial charge in [0.05, 0.1) is 29.5 Å². The number of ether oxygens (including phenoxy) is 1. The number of nitrogens with two attached hydrogens (primary N) is 1. The Kier molecular flexibility index (Phi) is 8.11. The Morgan fingerprint density at radius 1 is 1.18 bits per heavy atom. The summed E-state index contributed by atoms with van der Waals surface area (Å²) in [5.41, 5.74) is 3.01. The van der Waals surface area contributed by atoms with E-state index >= 15 is 4.39 Å². The number of hydrogen-bond acceptors (Lipinski definition) is 7. The zero-order chi connectivity index (χ0) is 28.4. The average molecular weight is 601 g/mol. The minimum absolute atomic E-state index is 0.0266. The summed E-state index contributed by atoms with van der Waals surface area (Å²) in [6, 6.07) is 18.5. The topological polar surface area (TPSA) is 122 Å². The fourth-order valence-corrected chi connectivity index (χ4v) is 6.11. The van der Waals surface area contributed by atoms with Gasteiger partial charge in [-0.05, 0) is 60.3 Å². The van der Waals surface area contributed by atoms with Gasteiger partial charge < -0.3 is 14.7 Å². The Morgan fingerprint density at radius 2 is 2.00 bits per heavy atom. The number of halogens is 2. The molecule has 2 aromatic heterocycles. The van der Waals surface area contributed by atoms with Crippen LogP contribution in [0.3, 0.4) is 0 Å². The average Bonchev–Trinajstić information content (AvgIpc) is 3.58. The first-order chi connectivity index (χ1) is 19.1. The van der Waals surface area contributed by atoms with Crippen LogP contribution in [0.2, 0.25) is 5.02 Å². The number of H-pyrrole nitrogens is 1. The van der Waals surface area contributed by atoms with Crippen LogP contribution < -0.4 is 14.8 Å². The highest BCUT2D eigenvalue weighted by atomic mass is 35.5. The molecule has 4 N–H and O–H groups in total. The molecule has 0 bridgehead atoms. The third-order valence-corrected chi connectivity index (χ3v) is 8.66. The Bertz CT molecular complexity index is 1760. The summed E-state index contributed by atoms with van der Waals surface area (Å²) in [6.45, 7) is 2.09. The number of rotatable bonds is 10. The number of aliphatic hydroxyl groups excluding tert-OH is 1. The molecule has 8 nitrogen and oxygen atoms in total. The van der Waals surface area contributed by atoms with Crippen LogP contribution >= 0.6 is 22.9 Å². The lowest BCUT2D eigenvalue weighted by Crippen LogP contribution is -2.33. The van der Waals surface area contributed by atoms with Gasteiger partial charge in [0.15, 0.2) is 5.82 Å². The molecule has 3 aromatic carbocycles. The first kappa shape index (κ1) is 28.1. The number of thiophene rings is 1. The van der Waals surface area contributed by atoms with Gasteiger partial charge in [-0.3, -0.25) is 5.10 Å². The summed E-state index contributed by atoms with van der Waals surface area (Å²) in [5.74, 6) is -0.421. The lowest BCUT2D eigenvalue weighted by molar-refractivity contribution is 0.181. The minimum Gasteiger partial charge on any atom is -0.492 e. The van der Waals surface area contributed by atoms with Gasteiger partial charge >= 0.3 is 0 Å². The van der Waals surface area contributed by atoms with Crippen molar-refractivity contribution >= 4 is 49.6 Å². The highest BCUT2D eigenvalue weighted by molar-refractivity contribution is 7.89. The second-order valence-electron chi connectivity index (χ2n) is 9.18. The first-order valence-electron chi connectivity index (χ1n) is 12.3. The normalized spacial score (nSPS) is 12.5. The standard InChI is InChI=1S/C28H26ClFN4O4S2/c1-17-20-9-8-19(15-23(20)33-32-17)38-12-11-34(24-4-2-6-27(28(24)30)40(31,36)37)16-25(35)18-7-10-22(29)21(14-18)26-5-3-13-39-26/h2-10,13-15,25,35H,11-12,16H2,1H3,(H,32,33)(H2,31,36,37)/t25-/m0/s1. The van der Waals surface area contributed by atoms with Crippen LogP contribution in [0, 0.1) is 12.7 Å². The zero-order valence-electron chi connectivity index (χ0n) is 21.3. The van der Waals surface area contributed by atoms with Gasteiger partial charge in [0, 0.05) is 33.5 Å². The summed E-state index contributed by atoms with van der Waals surface area (Å²) >= 11 is 7.93. The Hall–Kier alpha value is -3.48. The van der Waals surface area contributed by atoms with Crippen LogP contribution in [0.25, 0.3) is 21.3 Å². The fraction of sp³-hybridized carbons (Fsp3) is 0.179. The molecule has 5 rings (SSSR count). The summed E-state index contributed by atoms with van der Waals surface area (Å²) in [7, 11) is -4.31. The summed E-state index contributed by atoms with van der Waals surface area (Å²) in [5, 5.41) is 27.0. The molecular weight excluding hydrogens is 575 g/mol. The molecule has 0 saturated heterocycles. The summed E-state index contributed by atoms with van der Waals surface area (Å²) < 4.78 is 45.4. The predicted molar refractivity (Wildman–Crippen MR) is 156 cm³/mol. The molecule has 1 atom stereocenters. The molecule has 5 aromatic rings. The number of aryl methyl sites for hydroxylation is 1. The van der Waals surface area contributed by atoms with Crippen molar-refractivity contribution < 1.29 is 22.7 Å². The third kappa shape index (κ3) is 5.98. The van der Waals surface area contributed by atoms with Crippen molar-refractivity contribution in [3.63, 3.8) is 0 Å². The number of nitrogens with one attached hydrogen (secondary N) is 1. The highest BCUT2D eigenvalue weighted by Crippen LogP contribution is 2.34. The maximum absolute atomic E-state index is 15.5.